The third-order valence-electron chi connectivity index (χ3n) is 4.98. The highest BCUT2D eigenvalue weighted by Gasteiger charge is 2.30. The van der Waals surface area contributed by atoms with Crippen LogP contribution in [0, 0.1) is 17.2 Å². The largest absolute Gasteiger partial charge is 0.371 e. The van der Waals surface area contributed by atoms with Gasteiger partial charge in [0.05, 0.1) is 23.8 Å². The molecule has 1 atom stereocenters. The minimum atomic E-state index is -2.81. The molecule has 1 aliphatic rings. The van der Waals surface area contributed by atoms with Crippen molar-refractivity contribution in [3.63, 3.8) is 0 Å². The van der Waals surface area contributed by atoms with Crippen molar-refractivity contribution in [1.82, 2.24) is 19.9 Å². The summed E-state index contributed by atoms with van der Waals surface area (Å²) in [5.41, 5.74) is 0.700. The number of amides is 2. The molecule has 2 N–H and O–H groups in total. The Balaban J connectivity index is 1.82. The number of nitrogens with zero attached hydrogens (tertiary/aromatic N) is 5. The van der Waals surface area contributed by atoms with Crippen LogP contribution in [0.15, 0.2) is 24.7 Å². The maximum Gasteiger partial charge on any atom is 0.245 e. The SMILES string of the molecule is CN(CCF)C(=O)[C@H](CC(F)F)Nc1cc(-c2cnc(NC(=O)C3CC3)cn2)cnc1C#N. The van der Waals surface area contributed by atoms with Gasteiger partial charge in [-0.05, 0) is 18.9 Å². The topological polar surface area (TPSA) is 124 Å². The van der Waals surface area contributed by atoms with Crippen molar-refractivity contribution in [1.29, 1.82) is 5.26 Å². The van der Waals surface area contributed by atoms with Crippen molar-refractivity contribution in [2.24, 2.45) is 5.92 Å². The molecule has 2 amide bonds. The average Bonchev–Trinajstić information content (AvgIpc) is 3.64. The summed E-state index contributed by atoms with van der Waals surface area (Å²) in [6.45, 7) is -1.07. The minimum absolute atomic E-state index is 0.00989. The molecule has 1 saturated carbocycles. The molecule has 0 saturated heterocycles. The van der Waals surface area contributed by atoms with Gasteiger partial charge in [0.2, 0.25) is 18.2 Å². The molecule has 174 valence electrons. The highest BCUT2D eigenvalue weighted by molar-refractivity contribution is 5.93. The van der Waals surface area contributed by atoms with E-state index in [0.29, 0.717) is 11.3 Å². The van der Waals surface area contributed by atoms with Crippen molar-refractivity contribution in [3.05, 3.63) is 30.4 Å². The first-order valence-corrected chi connectivity index (χ1v) is 10.2. The lowest BCUT2D eigenvalue weighted by atomic mass is 10.1. The van der Waals surface area contributed by atoms with Gasteiger partial charge in [0.1, 0.15) is 18.8 Å². The summed E-state index contributed by atoms with van der Waals surface area (Å²) in [7, 11) is 1.31. The zero-order chi connectivity index (χ0) is 24.0. The van der Waals surface area contributed by atoms with Crippen molar-refractivity contribution in [2.45, 2.75) is 31.7 Å². The first kappa shape index (κ1) is 23.9. The first-order chi connectivity index (χ1) is 15.8. The number of aromatic nitrogens is 3. The first-order valence-electron chi connectivity index (χ1n) is 10.2. The average molecular weight is 461 g/mol. The van der Waals surface area contributed by atoms with Gasteiger partial charge in [-0.15, -0.1) is 0 Å². The summed E-state index contributed by atoms with van der Waals surface area (Å²) >= 11 is 0. The summed E-state index contributed by atoms with van der Waals surface area (Å²) in [6.07, 6.45) is 2.18. The molecule has 0 bridgehead atoms. The predicted molar refractivity (Wildman–Crippen MR) is 113 cm³/mol. The number of hydrogen-bond acceptors (Lipinski definition) is 7. The van der Waals surface area contributed by atoms with Crippen LogP contribution < -0.4 is 10.6 Å². The van der Waals surface area contributed by atoms with E-state index in [9.17, 15) is 28.0 Å². The predicted octanol–water partition coefficient (Wildman–Crippen LogP) is 2.62. The van der Waals surface area contributed by atoms with Crippen molar-refractivity contribution in [2.75, 3.05) is 30.9 Å². The Bertz CT molecular complexity index is 1040. The molecule has 33 heavy (non-hydrogen) atoms. The lowest BCUT2D eigenvalue weighted by molar-refractivity contribution is -0.131. The number of carbonyl (C=O) groups is 2. The highest BCUT2D eigenvalue weighted by atomic mass is 19.3. The molecular weight excluding hydrogens is 439 g/mol. The van der Waals surface area contributed by atoms with Gasteiger partial charge in [0, 0.05) is 37.7 Å². The van der Waals surface area contributed by atoms with Crippen molar-refractivity contribution in [3.8, 4) is 17.3 Å². The van der Waals surface area contributed by atoms with E-state index in [1.54, 1.807) is 0 Å². The Morgan fingerprint density at radius 2 is 2.00 bits per heavy atom. The van der Waals surface area contributed by atoms with Crippen molar-refractivity contribution < 1.29 is 22.8 Å². The van der Waals surface area contributed by atoms with Gasteiger partial charge >= 0.3 is 0 Å². The molecule has 0 spiro atoms. The second-order valence-electron chi connectivity index (χ2n) is 7.55. The van der Waals surface area contributed by atoms with Gasteiger partial charge < -0.3 is 15.5 Å². The maximum atomic E-state index is 13.1. The molecule has 12 heteroatoms. The van der Waals surface area contributed by atoms with Gasteiger partial charge in [-0.3, -0.25) is 14.6 Å². The van der Waals surface area contributed by atoms with Gasteiger partial charge in [-0.25, -0.2) is 23.1 Å². The molecule has 0 radical (unpaired) electrons. The summed E-state index contributed by atoms with van der Waals surface area (Å²) in [5, 5.41) is 14.7. The third kappa shape index (κ3) is 6.38. The standard InChI is InChI=1S/C21H22F3N7O2/c1-31(5-4-22)21(33)15(7-18(23)24)29-14-6-13(9-26-16(14)8-25)17-10-28-19(11-27-17)30-20(32)12-2-3-12/h6,9-12,15,18,29H,2-5,7H2,1H3,(H,28,30,32)/t15-/m0/s1. The van der Waals surface area contributed by atoms with Gasteiger partial charge in [0.15, 0.2) is 11.5 Å². The minimum Gasteiger partial charge on any atom is -0.371 e. The second kappa shape index (κ2) is 10.7. The van der Waals surface area contributed by atoms with Gasteiger partial charge in [0.25, 0.3) is 0 Å². The van der Waals surface area contributed by atoms with Crippen LogP contribution in [0.4, 0.5) is 24.7 Å². The van der Waals surface area contributed by atoms with E-state index in [0.717, 1.165) is 17.7 Å². The number of nitrogens with one attached hydrogen (secondary N) is 2. The van der Waals surface area contributed by atoms with E-state index < -0.39 is 31.5 Å². The van der Waals surface area contributed by atoms with Crippen LogP contribution >= 0.6 is 0 Å². The van der Waals surface area contributed by atoms with E-state index in [-0.39, 0.29) is 35.6 Å². The molecule has 9 nitrogen and oxygen atoms in total. The van der Waals surface area contributed by atoms with E-state index >= 15 is 0 Å². The summed E-state index contributed by atoms with van der Waals surface area (Å²) in [5.74, 6) is -0.557. The van der Waals surface area contributed by atoms with Gasteiger partial charge in [-0.1, -0.05) is 0 Å². The fourth-order valence-electron chi connectivity index (χ4n) is 3.01. The summed E-state index contributed by atoms with van der Waals surface area (Å²) in [4.78, 5) is 37.7. The van der Waals surface area contributed by atoms with Crippen LogP contribution in [0.25, 0.3) is 11.3 Å². The fourth-order valence-corrected chi connectivity index (χ4v) is 3.01. The monoisotopic (exact) mass is 461 g/mol. The Kier molecular flexibility index (Phi) is 7.76. The molecule has 1 fully saturated rings. The summed E-state index contributed by atoms with van der Waals surface area (Å²) in [6, 6.07) is 1.90. The molecule has 0 aliphatic heterocycles. The van der Waals surface area contributed by atoms with Crippen LogP contribution in [0.5, 0.6) is 0 Å². The number of alkyl halides is 3. The molecule has 3 rings (SSSR count). The maximum absolute atomic E-state index is 13.1. The molecular formula is C21H22F3N7O2. The molecule has 1 aliphatic carbocycles. The number of likely N-dealkylation sites (N-methyl/N-ethyl adjacent to an activating group) is 1. The number of anilines is 2. The van der Waals surface area contributed by atoms with E-state index in [1.165, 1.54) is 31.7 Å². The number of pyridine rings is 1. The molecule has 0 aromatic carbocycles. The molecule has 2 aromatic rings. The van der Waals surface area contributed by atoms with Crippen LogP contribution in [-0.4, -0.2) is 64.4 Å². The van der Waals surface area contributed by atoms with Gasteiger partial charge in [-0.2, -0.15) is 5.26 Å². The third-order valence-corrected chi connectivity index (χ3v) is 4.98. The summed E-state index contributed by atoms with van der Waals surface area (Å²) < 4.78 is 38.8. The van der Waals surface area contributed by atoms with E-state index in [4.69, 9.17) is 0 Å². The Morgan fingerprint density at radius 3 is 2.58 bits per heavy atom. The molecule has 2 heterocycles. The number of rotatable bonds is 10. The van der Waals surface area contributed by atoms with E-state index in [2.05, 4.69) is 25.6 Å². The number of nitriles is 1. The zero-order valence-corrected chi connectivity index (χ0v) is 17.8. The second-order valence-corrected chi connectivity index (χ2v) is 7.55. The van der Waals surface area contributed by atoms with Crippen LogP contribution in [0.2, 0.25) is 0 Å². The number of hydrogen-bond donors (Lipinski definition) is 2. The zero-order valence-electron chi connectivity index (χ0n) is 17.8. The fraction of sp³-hybridized carbons (Fsp3) is 0.429. The highest BCUT2D eigenvalue weighted by Crippen LogP contribution is 2.30. The molecule has 0 unspecified atom stereocenters. The Labute approximate surface area is 188 Å². The van der Waals surface area contributed by atoms with E-state index in [1.807, 2.05) is 6.07 Å². The van der Waals surface area contributed by atoms with Crippen LogP contribution in [0.1, 0.15) is 25.0 Å². The smallest absolute Gasteiger partial charge is 0.245 e. The van der Waals surface area contributed by atoms with Crippen LogP contribution in [0.3, 0.4) is 0 Å². The quantitative estimate of drug-likeness (QED) is 0.557. The van der Waals surface area contributed by atoms with Crippen LogP contribution in [-0.2, 0) is 9.59 Å². The lowest BCUT2D eigenvalue weighted by Gasteiger charge is -2.24. The van der Waals surface area contributed by atoms with Crippen molar-refractivity contribution >= 4 is 23.3 Å². The number of halogens is 3. The lowest BCUT2D eigenvalue weighted by Crippen LogP contribution is -2.43. The number of carbonyl (C=O) groups excluding carboxylic acids is 2. The Morgan fingerprint density at radius 1 is 1.24 bits per heavy atom. The normalized spacial score (nSPS) is 13.8. The Hall–Kier alpha value is -3.75. The molecule has 2 aromatic heterocycles.